The van der Waals surface area contributed by atoms with E-state index in [1.165, 1.54) is 9.78 Å². The monoisotopic (exact) mass is 332 g/mol. The van der Waals surface area contributed by atoms with Crippen molar-refractivity contribution in [3.8, 4) is 5.75 Å². The van der Waals surface area contributed by atoms with E-state index in [9.17, 15) is 9.59 Å². The zero-order chi connectivity index (χ0) is 16.7. The summed E-state index contributed by atoms with van der Waals surface area (Å²) in [7, 11) is 3.21. The molecule has 2 rings (SSSR count). The Hall–Kier alpha value is -2.34. The van der Waals surface area contributed by atoms with Crippen molar-refractivity contribution in [2.45, 2.75) is 12.8 Å². The highest BCUT2D eigenvalue weighted by molar-refractivity contribution is 7.09. The Morgan fingerprint density at radius 1 is 1.26 bits per heavy atom. The Morgan fingerprint density at radius 3 is 2.78 bits per heavy atom. The second kappa shape index (κ2) is 8.33. The Bertz CT molecular complexity index is 656. The summed E-state index contributed by atoms with van der Waals surface area (Å²) in [5.41, 5.74) is 0.647. The molecule has 1 heterocycles. The van der Waals surface area contributed by atoms with Crippen molar-refractivity contribution >= 4 is 28.8 Å². The lowest BCUT2D eigenvalue weighted by atomic mass is 10.2. The zero-order valence-corrected chi connectivity index (χ0v) is 14.1. The van der Waals surface area contributed by atoms with Crippen LogP contribution in [-0.2, 0) is 16.0 Å². The maximum atomic E-state index is 12.1. The van der Waals surface area contributed by atoms with Gasteiger partial charge in [-0.15, -0.1) is 11.3 Å². The number of amides is 2. The minimum atomic E-state index is -0.231. The highest BCUT2D eigenvalue weighted by atomic mass is 32.1. The topological polar surface area (TPSA) is 58.6 Å². The van der Waals surface area contributed by atoms with Crippen LogP contribution < -0.4 is 10.1 Å². The maximum Gasteiger partial charge on any atom is 0.243 e. The molecule has 1 N–H and O–H groups in total. The first-order chi connectivity index (χ1) is 11.1. The van der Waals surface area contributed by atoms with Crippen molar-refractivity contribution in [1.29, 1.82) is 0 Å². The molecular formula is C17H20N2O3S. The van der Waals surface area contributed by atoms with Crippen LogP contribution in [0, 0.1) is 0 Å². The van der Waals surface area contributed by atoms with E-state index in [0.29, 0.717) is 24.3 Å². The van der Waals surface area contributed by atoms with E-state index < -0.39 is 0 Å². The van der Waals surface area contributed by atoms with E-state index in [4.69, 9.17) is 4.74 Å². The van der Waals surface area contributed by atoms with Gasteiger partial charge in [-0.3, -0.25) is 9.59 Å². The Morgan fingerprint density at radius 2 is 2.09 bits per heavy atom. The normalized spacial score (nSPS) is 10.2. The standard InChI is InChI=1S/C17H20N2O3S/c1-19(17(21)9-8-15-7-4-10-23-15)12-16(20)18-13-5-3-6-14(11-13)22-2/h3-7,10-11H,8-9,12H2,1-2H3,(H,18,20). The van der Waals surface area contributed by atoms with Gasteiger partial charge >= 0.3 is 0 Å². The molecule has 0 aliphatic carbocycles. The van der Waals surface area contributed by atoms with E-state index in [2.05, 4.69) is 5.32 Å². The van der Waals surface area contributed by atoms with Crippen LogP contribution >= 0.6 is 11.3 Å². The number of anilines is 1. The second-order valence-corrected chi connectivity index (χ2v) is 6.14. The van der Waals surface area contributed by atoms with Crippen LogP contribution in [0.3, 0.4) is 0 Å². The zero-order valence-electron chi connectivity index (χ0n) is 13.2. The Kier molecular flexibility index (Phi) is 6.17. The molecule has 0 spiro atoms. The molecular weight excluding hydrogens is 312 g/mol. The Balaban J connectivity index is 1.80. The summed E-state index contributed by atoms with van der Waals surface area (Å²) in [6, 6.07) is 11.1. The summed E-state index contributed by atoms with van der Waals surface area (Å²) in [5, 5.41) is 4.75. The number of thiophene rings is 1. The van der Waals surface area contributed by atoms with Crippen LogP contribution in [0.2, 0.25) is 0 Å². The lowest BCUT2D eigenvalue weighted by molar-refractivity contribution is -0.133. The van der Waals surface area contributed by atoms with Gasteiger partial charge < -0.3 is 15.0 Å². The fourth-order valence-electron chi connectivity index (χ4n) is 2.08. The van der Waals surface area contributed by atoms with Gasteiger partial charge in [0.2, 0.25) is 11.8 Å². The minimum Gasteiger partial charge on any atom is -0.497 e. The van der Waals surface area contributed by atoms with E-state index >= 15 is 0 Å². The molecule has 0 atom stereocenters. The van der Waals surface area contributed by atoms with Crippen LogP contribution in [0.15, 0.2) is 41.8 Å². The first kappa shape index (κ1) is 17.0. The number of hydrogen-bond acceptors (Lipinski definition) is 4. The molecule has 6 heteroatoms. The highest BCUT2D eigenvalue weighted by Gasteiger charge is 2.13. The molecule has 5 nitrogen and oxygen atoms in total. The SMILES string of the molecule is COc1cccc(NC(=O)CN(C)C(=O)CCc2cccs2)c1. The second-order valence-electron chi connectivity index (χ2n) is 5.11. The van der Waals surface area contributed by atoms with Gasteiger partial charge in [-0.05, 0) is 30.0 Å². The van der Waals surface area contributed by atoms with Gasteiger partial charge in [0.05, 0.1) is 13.7 Å². The number of likely N-dealkylation sites (N-methyl/N-ethyl adjacent to an activating group) is 1. The minimum absolute atomic E-state index is 0.0283. The molecule has 0 saturated carbocycles. The quantitative estimate of drug-likeness (QED) is 0.848. The van der Waals surface area contributed by atoms with Crippen molar-refractivity contribution < 1.29 is 14.3 Å². The fourth-order valence-corrected chi connectivity index (χ4v) is 2.79. The average Bonchev–Trinajstić information content (AvgIpc) is 3.06. The number of nitrogens with one attached hydrogen (secondary N) is 1. The maximum absolute atomic E-state index is 12.1. The summed E-state index contributed by atoms with van der Waals surface area (Å²) in [6.07, 6.45) is 1.11. The summed E-state index contributed by atoms with van der Waals surface area (Å²) in [5.74, 6) is 0.396. The molecule has 122 valence electrons. The molecule has 23 heavy (non-hydrogen) atoms. The van der Waals surface area contributed by atoms with Crippen LogP contribution in [-0.4, -0.2) is 37.4 Å². The lowest BCUT2D eigenvalue weighted by Crippen LogP contribution is -2.35. The number of ether oxygens (including phenoxy) is 1. The van der Waals surface area contributed by atoms with Gasteiger partial charge in [0.1, 0.15) is 5.75 Å². The van der Waals surface area contributed by atoms with Crippen LogP contribution in [0.25, 0.3) is 0 Å². The lowest BCUT2D eigenvalue weighted by Gasteiger charge is -2.16. The third-order valence-corrected chi connectivity index (χ3v) is 4.26. The fraction of sp³-hybridized carbons (Fsp3) is 0.294. The van der Waals surface area contributed by atoms with Crippen molar-refractivity contribution in [2.24, 2.45) is 0 Å². The summed E-state index contributed by atoms with van der Waals surface area (Å²) >= 11 is 1.63. The molecule has 0 aliphatic rings. The number of hydrogen-bond donors (Lipinski definition) is 1. The number of nitrogens with zero attached hydrogens (tertiary/aromatic N) is 1. The van der Waals surface area contributed by atoms with Gasteiger partial charge in [-0.25, -0.2) is 0 Å². The summed E-state index contributed by atoms with van der Waals surface area (Å²) in [6.45, 7) is 0.0283. The summed E-state index contributed by atoms with van der Waals surface area (Å²) < 4.78 is 5.11. The third-order valence-electron chi connectivity index (χ3n) is 3.33. The van der Waals surface area contributed by atoms with Gasteiger partial charge in [0.25, 0.3) is 0 Å². The van der Waals surface area contributed by atoms with Gasteiger partial charge in [0, 0.05) is 30.1 Å². The number of carbonyl (C=O) groups excluding carboxylic acids is 2. The van der Waals surface area contributed by atoms with E-state index in [0.717, 1.165) is 0 Å². The van der Waals surface area contributed by atoms with Gasteiger partial charge in [0.15, 0.2) is 0 Å². The number of aryl methyl sites for hydroxylation is 1. The van der Waals surface area contributed by atoms with E-state index in [1.54, 1.807) is 49.8 Å². The molecule has 0 aliphatic heterocycles. The van der Waals surface area contributed by atoms with Crippen LogP contribution in [0.4, 0.5) is 5.69 Å². The number of rotatable bonds is 7. The van der Waals surface area contributed by atoms with Crippen molar-refractivity contribution in [3.05, 3.63) is 46.7 Å². The van der Waals surface area contributed by atoms with E-state index in [1.807, 2.05) is 17.5 Å². The highest BCUT2D eigenvalue weighted by Crippen LogP contribution is 2.16. The predicted molar refractivity (Wildman–Crippen MR) is 91.9 cm³/mol. The molecule has 2 amide bonds. The first-order valence-electron chi connectivity index (χ1n) is 7.28. The molecule has 0 unspecified atom stereocenters. The number of methoxy groups -OCH3 is 1. The molecule has 0 fully saturated rings. The molecule has 1 aromatic heterocycles. The molecule has 0 radical (unpaired) electrons. The summed E-state index contributed by atoms with van der Waals surface area (Å²) in [4.78, 5) is 26.7. The number of carbonyl (C=O) groups is 2. The Labute approximate surface area is 139 Å². The molecule has 1 aromatic carbocycles. The smallest absolute Gasteiger partial charge is 0.243 e. The van der Waals surface area contributed by atoms with Crippen molar-refractivity contribution in [2.75, 3.05) is 26.0 Å². The first-order valence-corrected chi connectivity index (χ1v) is 8.16. The van der Waals surface area contributed by atoms with Crippen molar-refractivity contribution in [1.82, 2.24) is 4.90 Å². The molecule has 2 aromatic rings. The van der Waals surface area contributed by atoms with Gasteiger partial charge in [-0.1, -0.05) is 12.1 Å². The van der Waals surface area contributed by atoms with Crippen LogP contribution in [0.1, 0.15) is 11.3 Å². The largest absolute Gasteiger partial charge is 0.497 e. The average molecular weight is 332 g/mol. The van der Waals surface area contributed by atoms with E-state index in [-0.39, 0.29) is 18.4 Å². The number of benzene rings is 1. The predicted octanol–water partition coefficient (Wildman–Crippen LogP) is 2.79. The van der Waals surface area contributed by atoms with Crippen LogP contribution in [0.5, 0.6) is 5.75 Å². The van der Waals surface area contributed by atoms with Gasteiger partial charge in [-0.2, -0.15) is 0 Å². The molecule has 0 saturated heterocycles. The van der Waals surface area contributed by atoms with Crippen molar-refractivity contribution in [3.63, 3.8) is 0 Å². The molecule has 0 bridgehead atoms. The third kappa shape index (κ3) is 5.41.